The maximum Gasteiger partial charge on any atom is 0.407 e. The summed E-state index contributed by atoms with van der Waals surface area (Å²) >= 11 is 0. The molecule has 0 spiro atoms. The summed E-state index contributed by atoms with van der Waals surface area (Å²) in [5, 5.41) is 18.1. The second-order valence-electron chi connectivity index (χ2n) is 10.8. The maximum absolute atomic E-state index is 14.0. The van der Waals surface area contributed by atoms with Crippen molar-refractivity contribution in [2.75, 3.05) is 32.1 Å². The minimum absolute atomic E-state index is 0.0960. The molecule has 46 heavy (non-hydrogen) atoms. The Labute approximate surface area is 267 Å². The second-order valence-corrected chi connectivity index (χ2v) is 10.8. The summed E-state index contributed by atoms with van der Waals surface area (Å²) < 4.78 is 17.1. The number of morpholine rings is 1. The van der Waals surface area contributed by atoms with Crippen molar-refractivity contribution < 1.29 is 23.8 Å². The predicted octanol–water partition coefficient (Wildman–Crippen LogP) is 4.21. The molecule has 0 saturated carbocycles. The van der Waals surface area contributed by atoms with Crippen LogP contribution in [-0.4, -0.2) is 67.0 Å². The Morgan fingerprint density at radius 3 is 2.33 bits per heavy atom. The van der Waals surface area contributed by atoms with Gasteiger partial charge in [0.15, 0.2) is 0 Å². The van der Waals surface area contributed by atoms with Gasteiger partial charge in [0.1, 0.15) is 36.6 Å². The van der Waals surface area contributed by atoms with Crippen LogP contribution in [0.15, 0.2) is 97.5 Å². The van der Waals surface area contributed by atoms with Gasteiger partial charge in [-0.15, -0.1) is 0 Å². The van der Waals surface area contributed by atoms with Gasteiger partial charge in [-0.05, 0) is 48.2 Å². The van der Waals surface area contributed by atoms with Crippen molar-refractivity contribution in [2.45, 2.75) is 37.0 Å². The third kappa shape index (κ3) is 8.65. The quantitative estimate of drug-likeness (QED) is 0.212. The summed E-state index contributed by atoms with van der Waals surface area (Å²) in [5.74, 6) is 0.0879. The zero-order chi connectivity index (χ0) is 32.1. The molecule has 4 aromatic rings. The molecule has 3 aromatic carbocycles. The Morgan fingerprint density at radius 2 is 1.67 bits per heavy atom. The number of carbonyl (C=O) groups is 2. The first kappa shape index (κ1) is 32.1. The van der Waals surface area contributed by atoms with Crippen molar-refractivity contribution in [1.29, 1.82) is 5.26 Å². The lowest BCUT2D eigenvalue weighted by atomic mass is 9.84. The molecule has 2 amide bonds. The molecule has 5 rings (SSSR count). The van der Waals surface area contributed by atoms with Gasteiger partial charge in [-0.25, -0.2) is 14.8 Å². The number of hydrogen-bond donors (Lipinski definition) is 3. The molecule has 11 heteroatoms. The smallest absolute Gasteiger partial charge is 0.407 e. The van der Waals surface area contributed by atoms with Gasteiger partial charge in [0.25, 0.3) is 0 Å². The number of ether oxygens (including phenoxy) is 3. The van der Waals surface area contributed by atoms with Gasteiger partial charge in [-0.2, -0.15) is 5.26 Å². The number of aromatic nitrogens is 2. The molecular formula is C35H36N6O5. The number of carbonyl (C=O) groups excluding carboxylic acids is 2. The zero-order valence-corrected chi connectivity index (χ0v) is 25.5. The number of rotatable bonds is 12. The Bertz CT molecular complexity index is 1570. The number of anilines is 1. The molecule has 0 aliphatic carbocycles. The van der Waals surface area contributed by atoms with Gasteiger partial charge in [0.2, 0.25) is 5.91 Å². The highest BCUT2D eigenvalue weighted by atomic mass is 16.5. The molecule has 3 N–H and O–H groups in total. The number of methoxy groups -OCH3 is 1. The number of benzene rings is 3. The van der Waals surface area contributed by atoms with E-state index >= 15 is 0 Å². The van der Waals surface area contributed by atoms with Crippen LogP contribution in [0.5, 0.6) is 5.75 Å². The van der Waals surface area contributed by atoms with Crippen molar-refractivity contribution in [3.05, 3.63) is 120 Å². The monoisotopic (exact) mass is 620 g/mol. The summed E-state index contributed by atoms with van der Waals surface area (Å²) in [4.78, 5) is 35.0. The average molecular weight is 621 g/mol. The molecule has 11 nitrogen and oxygen atoms in total. The zero-order valence-electron chi connectivity index (χ0n) is 25.5. The molecule has 1 aliphatic rings. The van der Waals surface area contributed by atoms with Crippen LogP contribution in [0.4, 0.5) is 10.6 Å². The number of nitriles is 1. The Kier molecular flexibility index (Phi) is 11.3. The van der Waals surface area contributed by atoms with E-state index in [0.717, 1.165) is 16.7 Å². The predicted molar refractivity (Wildman–Crippen MR) is 171 cm³/mol. The van der Waals surface area contributed by atoms with Crippen LogP contribution in [0.25, 0.3) is 0 Å². The minimum atomic E-state index is -1.01. The summed E-state index contributed by atoms with van der Waals surface area (Å²) in [6.45, 7) is 1.69. The molecular weight excluding hydrogens is 584 g/mol. The van der Waals surface area contributed by atoms with Gasteiger partial charge in [-0.3, -0.25) is 4.79 Å². The van der Waals surface area contributed by atoms with E-state index in [-0.39, 0.29) is 12.2 Å². The summed E-state index contributed by atoms with van der Waals surface area (Å²) in [7, 11) is 1.26. The van der Waals surface area contributed by atoms with Crippen LogP contribution in [0.2, 0.25) is 0 Å². The van der Waals surface area contributed by atoms with Crippen molar-refractivity contribution in [3.63, 3.8) is 0 Å². The molecule has 1 aliphatic heterocycles. The number of nitrogens with zero attached hydrogens (tertiary/aromatic N) is 3. The highest BCUT2D eigenvalue weighted by Gasteiger charge is 2.33. The van der Waals surface area contributed by atoms with E-state index in [1.165, 1.54) is 13.4 Å². The number of aryl methyl sites for hydroxylation is 1. The average Bonchev–Trinajstić information content (AvgIpc) is 3.11. The van der Waals surface area contributed by atoms with E-state index in [0.29, 0.717) is 49.7 Å². The standard InChI is InChI=1S/C35H36N6O5/c1-44-35(43)40-32(31(25-8-4-2-5-9-25)26-10-6-3-7-11-26)34(42)41-33-27(19-38-23-39-33)14-17-29-20-37-21-30(46-29)22-45-28-15-12-24(18-36)13-16-28/h2-13,15-16,19,23,29-32,37H,14,17,20-22H2,1H3,(H,40,43)(H,38,39,41,42)/t29-,30+,32?/m1/s1. The second kappa shape index (κ2) is 16.1. The van der Waals surface area contributed by atoms with Crippen molar-refractivity contribution in [1.82, 2.24) is 20.6 Å². The molecule has 2 heterocycles. The number of hydrogen-bond acceptors (Lipinski definition) is 9. The summed E-state index contributed by atoms with van der Waals surface area (Å²) in [6.07, 6.45) is 3.28. The lowest BCUT2D eigenvalue weighted by Crippen LogP contribution is -2.48. The van der Waals surface area contributed by atoms with Gasteiger partial charge in [0, 0.05) is 30.8 Å². The molecule has 236 valence electrons. The molecule has 1 fully saturated rings. The Balaban J connectivity index is 1.26. The van der Waals surface area contributed by atoms with E-state index in [4.69, 9.17) is 19.5 Å². The first-order chi connectivity index (χ1) is 22.5. The number of nitrogens with one attached hydrogen (secondary N) is 3. The fourth-order valence-corrected chi connectivity index (χ4v) is 5.41. The largest absolute Gasteiger partial charge is 0.491 e. The lowest BCUT2D eigenvalue weighted by Gasteiger charge is -2.31. The van der Waals surface area contributed by atoms with E-state index in [1.54, 1.807) is 30.5 Å². The fraction of sp³-hybridized carbons (Fsp3) is 0.286. The van der Waals surface area contributed by atoms with Crippen LogP contribution in [0.3, 0.4) is 0 Å². The first-order valence-electron chi connectivity index (χ1n) is 15.1. The Hall–Kier alpha value is -5.31. The van der Waals surface area contributed by atoms with Crippen LogP contribution >= 0.6 is 0 Å². The van der Waals surface area contributed by atoms with Gasteiger partial charge < -0.3 is 30.2 Å². The molecule has 1 saturated heterocycles. The van der Waals surface area contributed by atoms with E-state index in [2.05, 4.69) is 32.0 Å². The van der Waals surface area contributed by atoms with Crippen LogP contribution in [-0.2, 0) is 20.7 Å². The van der Waals surface area contributed by atoms with Gasteiger partial charge >= 0.3 is 6.09 Å². The van der Waals surface area contributed by atoms with Crippen molar-refractivity contribution in [3.8, 4) is 11.8 Å². The maximum atomic E-state index is 14.0. The normalized spacial score (nSPS) is 16.5. The van der Waals surface area contributed by atoms with Crippen LogP contribution in [0, 0.1) is 11.3 Å². The van der Waals surface area contributed by atoms with Gasteiger partial charge in [-0.1, -0.05) is 60.7 Å². The number of alkyl carbamates (subject to hydrolysis) is 1. The van der Waals surface area contributed by atoms with E-state index in [9.17, 15) is 9.59 Å². The lowest BCUT2D eigenvalue weighted by molar-refractivity contribution is -0.118. The fourth-order valence-electron chi connectivity index (χ4n) is 5.41. The minimum Gasteiger partial charge on any atom is -0.491 e. The molecule has 0 bridgehead atoms. The first-order valence-corrected chi connectivity index (χ1v) is 15.1. The molecule has 1 aromatic heterocycles. The summed E-state index contributed by atoms with van der Waals surface area (Å²) in [6, 6.07) is 27.1. The van der Waals surface area contributed by atoms with Crippen LogP contribution < -0.4 is 20.7 Å². The Morgan fingerprint density at radius 1 is 1.00 bits per heavy atom. The summed E-state index contributed by atoms with van der Waals surface area (Å²) in [5.41, 5.74) is 3.02. The van der Waals surface area contributed by atoms with Crippen molar-refractivity contribution >= 4 is 17.8 Å². The highest BCUT2D eigenvalue weighted by molar-refractivity contribution is 5.97. The third-order valence-corrected chi connectivity index (χ3v) is 7.71. The van der Waals surface area contributed by atoms with Crippen LogP contribution in [0.1, 0.15) is 34.6 Å². The third-order valence-electron chi connectivity index (χ3n) is 7.71. The number of amides is 2. The van der Waals surface area contributed by atoms with E-state index in [1.807, 2.05) is 60.7 Å². The van der Waals surface area contributed by atoms with E-state index < -0.39 is 24.0 Å². The topological polar surface area (TPSA) is 147 Å². The molecule has 0 radical (unpaired) electrons. The molecule has 3 atom stereocenters. The van der Waals surface area contributed by atoms with Crippen molar-refractivity contribution in [2.24, 2.45) is 0 Å². The highest BCUT2D eigenvalue weighted by Crippen LogP contribution is 2.29. The molecule has 1 unspecified atom stereocenters. The van der Waals surface area contributed by atoms with Gasteiger partial charge in [0.05, 0.1) is 24.8 Å². The SMILES string of the molecule is COC(=O)NC(C(=O)Nc1ncncc1CC[C@@H]1CNC[C@@H](COc2ccc(C#N)cc2)O1)C(c1ccccc1)c1ccccc1.